The minimum atomic E-state index is -4.57. The number of anilines is 1. The molecule has 7 nitrogen and oxygen atoms in total. The first-order chi connectivity index (χ1) is 13.7. The molecule has 148 valence electrons. The van der Waals surface area contributed by atoms with Crippen molar-refractivity contribution in [1.82, 2.24) is 18.9 Å². The van der Waals surface area contributed by atoms with E-state index in [9.17, 15) is 21.6 Å². The van der Waals surface area contributed by atoms with E-state index < -0.39 is 21.8 Å². The maximum atomic E-state index is 13.1. The average molecular weight is 419 g/mol. The second-order valence-electron chi connectivity index (χ2n) is 6.04. The van der Waals surface area contributed by atoms with Crippen molar-refractivity contribution in [2.75, 3.05) is 5.73 Å². The molecule has 0 radical (unpaired) electrons. The number of pyridine rings is 1. The number of hydrogen-bond donors (Lipinski definition) is 1. The van der Waals surface area contributed by atoms with E-state index in [2.05, 4.69) is 15.0 Å². The standard InChI is InChI=1S/C18H12F3N5O2S/c19-18(20,21)11-3-5-12(6-4-11)29(27,28)26-10-14(13-2-1-8-23-16(13)26)15-7-9-24-17(22)25-15/h1-10H,(H2,22,24,25). The summed E-state index contributed by atoms with van der Waals surface area (Å²) in [4.78, 5) is 11.7. The monoisotopic (exact) mass is 419 g/mol. The molecule has 0 fully saturated rings. The zero-order valence-electron chi connectivity index (χ0n) is 14.5. The fourth-order valence-electron chi connectivity index (χ4n) is 2.87. The van der Waals surface area contributed by atoms with E-state index in [1.54, 1.807) is 18.2 Å². The van der Waals surface area contributed by atoms with E-state index >= 15 is 0 Å². The Morgan fingerprint density at radius 2 is 1.69 bits per heavy atom. The highest BCUT2D eigenvalue weighted by atomic mass is 32.2. The van der Waals surface area contributed by atoms with Crippen molar-refractivity contribution in [1.29, 1.82) is 0 Å². The van der Waals surface area contributed by atoms with E-state index in [-0.39, 0.29) is 16.5 Å². The summed E-state index contributed by atoms with van der Waals surface area (Å²) in [6.45, 7) is 0. The largest absolute Gasteiger partial charge is 0.416 e. The lowest BCUT2D eigenvalue weighted by Gasteiger charge is -2.09. The molecule has 4 rings (SSSR count). The number of benzene rings is 1. The Hall–Kier alpha value is -3.47. The number of nitrogens with two attached hydrogens (primary N) is 1. The van der Waals surface area contributed by atoms with E-state index in [4.69, 9.17) is 5.73 Å². The molecule has 29 heavy (non-hydrogen) atoms. The van der Waals surface area contributed by atoms with Crippen LogP contribution in [0, 0.1) is 0 Å². The number of aromatic nitrogens is 4. The van der Waals surface area contributed by atoms with Gasteiger partial charge in [-0.1, -0.05) is 0 Å². The summed E-state index contributed by atoms with van der Waals surface area (Å²) in [5.41, 5.74) is 5.62. The van der Waals surface area contributed by atoms with Gasteiger partial charge in [0.15, 0.2) is 5.65 Å². The summed E-state index contributed by atoms with van der Waals surface area (Å²) in [5.74, 6) is 0.0119. The molecule has 0 spiro atoms. The molecule has 1 aromatic carbocycles. The third-order valence-electron chi connectivity index (χ3n) is 4.22. The van der Waals surface area contributed by atoms with E-state index in [1.807, 2.05) is 0 Å². The first kappa shape index (κ1) is 18.9. The Morgan fingerprint density at radius 1 is 0.966 bits per heavy atom. The zero-order chi connectivity index (χ0) is 20.8. The van der Waals surface area contributed by atoms with Crippen LogP contribution in [0.2, 0.25) is 0 Å². The second kappa shape index (κ2) is 6.55. The van der Waals surface area contributed by atoms with Crippen LogP contribution in [-0.4, -0.2) is 27.3 Å². The normalized spacial score (nSPS) is 12.4. The van der Waals surface area contributed by atoms with Crippen LogP contribution in [0.4, 0.5) is 19.1 Å². The number of nitrogens with zero attached hydrogens (tertiary/aromatic N) is 4. The van der Waals surface area contributed by atoms with Crippen molar-refractivity contribution in [3.63, 3.8) is 0 Å². The Balaban J connectivity index is 1.90. The molecule has 0 aliphatic carbocycles. The molecule has 0 unspecified atom stereocenters. The molecule has 4 aromatic rings. The van der Waals surface area contributed by atoms with Gasteiger partial charge in [-0.15, -0.1) is 0 Å². The van der Waals surface area contributed by atoms with Crippen LogP contribution in [0.25, 0.3) is 22.3 Å². The molecule has 3 aromatic heterocycles. The summed E-state index contributed by atoms with van der Waals surface area (Å²) >= 11 is 0. The number of hydrogen-bond acceptors (Lipinski definition) is 6. The van der Waals surface area contributed by atoms with Gasteiger partial charge in [-0.25, -0.2) is 27.3 Å². The predicted octanol–water partition coefficient (Wildman–Crippen LogP) is 3.33. The molecule has 0 aliphatic heterocycles. The third kappa shape index (κ3) is 3.29. The SMILES string of the molecule is Nc1nccc(-c2cn(S(=O)(=O)c3ccc(C(F)(F)F)cc3)c3ncccc23)n1. The summed E-state index contributed by atoms with van der Waals surface area (Å²) in [6, 6.07) is 8.12. The predicted molar refractivity (Wildman–Crippen MR) is 99.2 cm³/mol. The molecule has 0 saturated carbocycles. The van der Waals surface area contributed by atoms with Gasteiger partial charge < -0.3 is 5.73 Å². The van der Waals surface area contributed by atoms with Gasteiger partial charge in [-0.3, -0.25) is 0 Å². The van der Waals surface area contributed by atoms with Crippen LogP contribution < -0.4 is 5.73 Å². The summed E-state index contributed by atoms with van der Waals surface area (Å²) in [5, 5.41) is 0.487. The van der Waals surface area contributed by atoms with Crippen LogP contribution in [0.1, 0.15) is 5.56 Å². The third-order valence-corrected chi connectivity index (χ3v) is 5.88. The Labute approximate surface area is 162 Å². The fraction of sp³-hybridized carbons (Fsp3) is 0.0556. The molecular weight excluding hydrogens is 407 g/mol. The molecular formula is C18H12F3N5O2S. The van der Waals surface area contributed by atoms with Crippen LogP contribution >= 0.6 is 0 Å². The van der Waals surface area contributed by atoms with Gasteiger partial charge in [0, 0.05) is 29.5 Å². The number of fused-ring (bicyclic) bond motifs is 1. The second-order valence-corrected chi connectivity index (χ2v) is 7.86. The van der Waals surface area contributed by atoms with Crippen molar-refractivity contribution < 1.29 is 21.6 Å². The van der Waals surface area contributed by atoms with Gasteiger partial charge in [0.2, 0.25) is 5.95 Å². The molecule has 2 N–H and O–H groups in total. The zero-order valence-corrected chi connectivity index (χ0v) is 15.3. The minimum absolute atomic E-state index is 0.0119. The lowest BCUT2D eigenvalue weighted by molar-refractivity contribution is -0.137. The fourth-order valence-corrected chi connectivity index (χ4v) is 4.20. The lowest BCUT2D eigenvalue weighted by atomic mass is 10.1. The molecule has 0 saturated heterocycles. The highest BCUT2D eigenvalue weighted by Crippen LogP contribution is 2.33. The van der Waals surface area contributed by atoms with Gasteiger partial charge in [0.25, 0.3) is 10.0 Å². The van der Waals surface area contributed by atoms with Crippen LogP contribution in [-0.2, 0) is 16.2 Å². The summed E-state index contributed by atoms with van der Waals surface area (Å²) in [6.07, 6.45) is -0.405. The maximum absolute atomic E-state index is 13.1. The molecule has 0 amide bonds. The van der Waals surface area contributed by atoms with Gasteiger partial charge in [0.05, 0.1) is 16.2 Å². The van der Waals surface area contributed by atoms with Crippen molar-refractivity contribution in [3.8, 4) is 11.3 Å². The van der Waals surface area contributed by atoms with Crippen LogP contribution in [0.3, 0.4) is 0 Å². The van der Waals surface area contributed by atoms with Crippen molar-refractivity contribution in [3.05, 3.63) is 66.6 Å². The van der Waals surface area contributed by atoms with Gasteiger partial charge in [0.1, 0.15) is 0 Å². The van der Waals surface area contributed by atoms with E-state index in [0.717, 1.165) is 28.2 Å². The average Bonchev–Trinajstić information content (AvgIpc) is 3.08. The lowest BCUT2D eigenvalue weighted by Crippen LogP contribution is -2.13. The quantitative estimate of drug-likeness (QED) is 0.546. The number of halogens is 3. The Morgan fingerprint density at radius 3 is 2.34 bits per heavy atom. The van der Waals surface area contributed by atoms with Crippen LogP contribution in [0.15, 0.2) is 66.0 Å². The van der Waals surface area contributed by atoms with Crippen molar-refractivity contribution in [2.45, 2.75) is 11.1 Å². The van der Waals surface area contributed by atoms with Crippen molar-refractivity contribution in [2.24, 2.45) is 0 Å². The van der Waals surface area contributed by atoms with Gasteiger partial charge in [-0.05, 0) is 42.5 Å². The smallest absolute Gasteiger partial charge is 0.368 e. The number of alkyl halides is 3. The van der Waals surface area contributed by atoms with Gasteiger partial charge >= 0.3 is 6.18 Å². The molecule has 11 heteroatoms. The Bertz CT molecular complexity index is 1320. The summed E-state index contributed by atoms with van der Waals surface area (Å²) < 4.78 is 65.5. The summed E-state index contributed by atoms with van der Waals surface area (Å²) in [7, 11) is -4.21. The highest BCUT2D eigenvalue weighted by Gasteiger charge is 2.31. The first-order valence-electron chi connectivity index (χ1n) is 8.16. The van der Waals surface area contributed by atoms with Gasteiger partial charge in [-0.2, -0.15) is 13.2 Å². The Kier molecular flexibility index (Phi) is 4.26. The molecule has 3 heterocycles. The van der Waals surface area contributed by atoms with E-state index in [1.165, 1.54) is 18.6 Å². The van der Waals surface area contributed by atoms with Crippen LogP contribution in [0.5, 0.6) is 0 Å². The molecule has 0 bridgehead atoms. The maximum Gasteiger partial charge on any atom is 0.416 e. The molecule has 0 atom stereocenters. The van der Waals surface area contributed by atoms with E-state index in [0.29, 0.717) is 16.6 Å². The minimum Gasteiger partial charge on any atom is -0.368 e. The topological polar surface area (TPSA) is 104 Å². The first-order valence-corrected chi connectivity index (χ1v) is 9.60. The number of nitrogen functional groups attached to an aromatic ring is 1. The number of rotatable bonds is 3. The molecule has 0 aliphatic rings. The van der Waals surface area contributed by atoms with Crippen molar-refractivity contribution >= 4 is 27.0 Å². The highest BCUT2D eigenvalue weighted by molar-refractivity contribution is 7.90.